The number of hydrogen-bond acceptors (Lipinski definition) is 5. The van der Waals surface area contributed by atoms with Crippen molar-refractivity contribution in [2.45, 2.75) is 0 Å². The number of aromatic nitrogens is 1. The Morgan fingerprint density at radius 2 is 1.81 bits per heavy atom. The van der Waals surface area contributed by atoms with Crippen molar-refractivity contribution in [3.8, 4) is 11.6 Å². The lowest BCUT2D eigenvalue weighted by atomic mass is 10.3. The van der Waals surface area contributed by atoms with Crippen LogP contribution >= 0.6 is 34.8 Å². The second-order valence-electron chi connectivity index (χ2n) is 3.88. The fourth-order valence-corrected chi connectivity index (χ4v) is 2.01. The van der Waals surface area contributed by atoms with Crippen molar-refractivity contribution in [3.63, 3.8) is 0 Å². The Morgan fingerprint density at radius 1 is 1.14 bits per heavy atom. The number of carbonyl (C=O) groups is 1. The van der Waals surface area contributed by atoms with E-state index in [4.69, 9.17) is 45.3 Å². The number of nitrogens with zero attached hydrogens (tertiary/aromatic N) is 1. The first-order valence-electron chi connectivity index (χ1n) is 5.59. The summed E-state index contributed by atoms with van der Waals surface area (Å²) in [5, 5.41) is 0.783. The van der Waals surface area contributed by atoms with E-state index in [1.54, 1.807) is 0 Å². The average Bonchev–Trinajstić information content (AvgIpc) is 2.46. The molecule has 0 unspecified atom stereocenters. The molecule has 0 spiro atoms. The summed E-state index contributed by atoms with van der Waals surface area (Å²) in [4.78, 5) is 15.4. The Balaban J connectivity index is 2.39. The van der Waals surface area contributed by atoms with Gasteiger partial charge in [0.2, 0.25) is 5.88 Å². The summed E-state index contributed by atoms with van der Waals surface area (Å²) in [6.07, 6.45) is 0. The number of esters is 1. The zero-order valence-electron chi connectivity index (χ0n) is 10.7. The summed E-state index contributed by atoms with van der Waals surface area (Å²) in [5.74, 6) is -0.384. The fraction of sp³-hybridized carbons (Fsp3) is 0.0769. The summed E-state index contributed by atoms with van der Waals surface area (Å²) in [7, 11) is 1.25. The first-order chi connectivity index (χ1) is 9.92. The highest BCUT2D eigenvalue weighted by atomic mass is 35.5. The summed E-state index contributed by atoms with van der Waals surface area (Å²) < 4.78 is 10.1. The minimum atomic E-state index is -0.611. The van der Waals surface area contributed by atoms with E-state index < -0.39 is 5.97 Å². The number of nitrogen functional groups attached to an aromatic ring is 1. The number of benzene rings is 1. The molecule has 0 saturated heterocycles. The van der Waals surface area contributed by atoms with Gasteiger partial charge in [-0.15, -0.1) is 0 Å². The van der Waals surface area contributed by atoms with Gasteiger partial charge in [-0.2, -0.15) is 0 Å². The van der Waals surface area contributed by atoms with E-state index in [1.165, 1.54) is 31.4 Å². The first-order valence-corrected chi connectivity index (χ1v) is 6.73. The number of pyridine rings is 1. The van der Waals surface area contributed by atoms with E-state index in [0.29, 0.717) is 5.02 Å². The van der Waals surface area contributed by atoms with Crippen LogP contribution in [0.3, 0.4) is 0 Å². The maximum absolute atomic E-state index is 11.4. The maximum Gasteiger partial charge on any atom is 0.356 e. The van der Waals surface area contributed by atoms with Gasteiger partial charge in [0.25, 0.3) is 0 Å². The third-order valence-corrected chi connectivity index (χ3v) is 3.48. The summed E-state index contributed by atoms with van der Waals surface area (Å²) in [5.41, 5.74) is 6.04. The molecule has 0 bridgehead atoms. The molecule has 0 aliphatic heterocycles. The number of anilines is 1. The van der Waals surface area contributed by atoms with Crippen LogP contribution in [-0.2, 0) is 4.74 Å². The second-order valence-corrected chi connectivity index (χ2v) is 5.10. The van der Waals surface area contributed by atoms with Crippen molar-refractivity contribution in [2.24, 2.45) is 0 Å². The van der Waals surface area contributed by atoms with Crippen molar-refractivity contribution in [1.29, 1.82) is 0 Å². The van der Waals surface area contributed by atoms with Gasteiger partial charge in [0.15, 0.2) is 5.69 Å². The highest BCUT2D eigenvalue weighted by Gasteiger charge is 2.14. The Morgan fingerprint density at radius 3 is 2.48 bits per heavy atom. The normalized spacial score (nSPS) is 10.3. The molecule has 0 aliphatic rings. The van der Waals surface area contributed by atoms with Gasteiger partial charge in [-0.3, -0.25) is 0 Å². The number of carbonyl (C=O) groups excluding carboxylic acids is 1. The lowest BCUT2D eigenvalue weighted by Crippen LogP contribution is -2.06. The lowest BCUT2D eigenvalue weighted by Gasteiger charge is -2.10. The number of rotatable bonds is 3. The molecule has 1 heterocycles. The van der Waals surface area contributed by atoms with Crippen LogP contribution in [0.25, 0.3) is 0 Å². The van der Waals surface area contributed by atoms with Crippen LogP contribution in [0.1, 0.15) is 10.5 Å². The molecule has 0 amide bonds. The highest BCUT2D eigenvalue weighted by Crippen LogP contribution is 2.37. The standard InChI is InChI=1S/C13H9Cl3N2O3/c1-20-13(19)10-3-2-9(17)12(18-10)21-11-5-7(15)6(14)4-8(11)16/h2-5H,17H2,1H3. The van der Waals surface area contributed by atoms with E-state index in [9.17, 15) is 4.79 Å². The monoisotopic (exact) mass is 346 g/mol. The molecule has 0 atom stereocenters. The Kier molecular flexibility index (Phi) is 4.77. The molecule has 1 aromatic heterocycles. The van der Waals surface area contributed by atoms with Crippen molar-refractivity contribution < 1.29 is 14.3 Å². The summed E-state index contributed by atoms with van der Waals surface area (Å²) in [6.45, 7) is 0. The molecule has 2 aromatic rings. The number of methoxy groups -OCH3 is 1. The van der Waals surface area contributed by atoms with Gasteiger partial charge < -0.3 is 15.2 Å². The van der Waals surface area contributed by atoms with Crippen LogP contribution < -0.4 is 10.5 Å². The van der Waals surface area contributed by atoms with E-state index in [-0.39, 0.29) is 33.1 Å². The third-order valence-electron chi connectivity index (χ3n) is 2.47. The zero-order valence-corrected chi connectivity index (χ0v) is 13.0. The van der Waals surface area contributed by atoms with Crippen molar-refractivity contribution in [2.75, 3.05) is 12.8 Å². The van der Waals surface area contributed by atoms with Crippen LogP contribution in [0.5, 0.6) is 11.6 Å². The topological polar surface area (TPSA) is 74.4 Å². The van der Waals surface area contributed by atoms with Gasteiger partial charge in [-0.25, -0.2) is 9.78 Å². The van der Waals surface area contributed by atoms with Crippen molar-refractivity contribution in [3.05, 3.63) is 45.0 Å². The Hall–Kier alpha value is -1.69. The van der Waals surface area contributed by atoms with Crippen LogP contribution in [0, 0.1) is 0 Å². The smallest absolute Gasteiger partial charge is 0.356 e. The maximum atomic E-state index is 11.4. The minimum Gasteiger partial charge on any atom is -0.464 e. The zero-order chi connectivity index (χ0) is 15.6. The van der Waals surface area contributed by atoms with Crippen LogP contribution in [0.2, 0.25) is 15.1 Å². The molecule has 8 heteroatoms. The molecule has 0 aliphatic carbocycles. The number of halogens is 3. The van der Waals surface area contributed by atoms with Gasteiger partial charge in [-0.1, -0.05) is 34.8 Å². The van der Waals surface area contributed by atoms with E-state index in [0.717, 1.165) is 0 Å². The molecular weight excluding hydrogens is 339 g/mol. The third kappa shape index (κ3) is 3.50. The molecule has 5 nitrogen and oxygen atoms in total. The SMILES string of the molecule is COC(=O)c1ccc(N)c(Oc2cc(Cl)c(Cl)cc2Cl)n1. The van der Waals surface area contributed by atoms with E-state index in [1.807, 2.05) is 0 Å². The van der Waals surface area contributed by atoms with E-state index >= 15 is 0 Å². The summed E-state index contributed by atoms with van der Waals surface area (Å²) in [6, 6.07) is 5.75. The quantitative estimate of drug-likeness (QED) is 0.665. The number of nitrogens with two attached hydrogens (primary N) is 1. The number of hydrogen-bond donors (Lipinski definition) is 1. The average molecular weight is 348 g/mol. The lowest BCUT2D eigenvalue weighted by molar-refractivity contribution is 0.0593. The Bertz CT molecular complexity index is 707. The van der Waals surface area contributed by atoms with Crippen LogP contribution in [-0.4, -0.2) is 18.1 Å². The molecule has 0 fully saturated rings. The Labute approximate surface area is 135 Å². The van der Waals surface area contributed by atoms with Crippen LogP contribution in [0.4, 0.5) is 5.69 Å². The molecule has 1 aromatic carbocycles. The van der Waals surface area contributed by atoms with Crippen molar-refractivity contribution in [1.82, 2.24) is 4.98 Å². The second kappa shape index (κ2) is 6.39. The van der Waals surface area contributed by atoms with Gasteiger partial charge in [0.1, 0.15) is 5.75 Å². The fourth-order valence-electron chi connectivity index (χ4n) is 1.44. The van der Waals surface area contributed by atoms with Gasteiger partial charge in [-0.05, 0) is 18.2 Å². The van der Waals surface area contributed by atoms with E-state index in [2.05, 4.69) is 9.72 Å². The largest absolute Gasteiger partial charge is 0.464 e. The van der Waals surface area contributed by atoms with Crippen molar-refractivity contribution >= 4 is 46.5 Å². The molecule has 110 valence electrons. The predicted octanol–water partition coefficient (Wildman–Crippen LogP) is 4.20. The van der Waals surface area contributed by atoms with Crippen LogP contribution in [0.15, 0.2) is 24.3 Å². The molecular formula is C13H9Cl3N2O3. The molecule has 21 heavy (non-hydrogen) atoms. The molecule has 2 rings (SSSR count). The minimum absolute atomic E-state index is 0.0122. The van der Waals surface area contributed by atoms with Gasteiger partial charge >= 0.3 is 5.97 Å². The van der Waals surface area contributed by atoms with Gasteiger partial charge in [0, 0.05) is 6.07 Å². The molecule has 2 N–H and O–H groups in total. The number of ether oxygens (including phenoxy) is 2. The molecule has 0 saturated carbocycles. The highest BCUT2D eigenvalue weighted by molar-refractivity contribution is 6.43. The molecule has 0 radical (unpaired) electrons. The summed E-state index contributed by atoms with van der Waals surface area (Å²) >= 11 is 17.7. The predicted molar refractivity (Wildman–Crippen MR) is 81.5 cm³/mol. The first kappa shape index (κ1) is 15.7. The van der Waals surface area contributed by atoms with Gasteiger partial charge in [0.05, 0.1) is 27.9 Å².